The summed E-state index contributed by atoms with van der Waals surface area (Å²) in [6.45, 7) is 3.78. The van der Waals surface area contributed by atoms with Gasteiger partial charge in [0.15, 0.2) is 11.5 Å². The van der Waals surface area contributed by atoms with Gasteiger partial charge < -0.3 is 20.3 Å². The second-order valence-electron chi connectivity index (χ2n) is 3.83. The monoisotopic (exact) mass is 243 g/mol. The molecular weight excluding hydrogens is 230 g/mol. The van der Waals surface area contributed by atoms with Gasteiger partial charge in [-0.15, -0.1) is 0 Å². The van der Waals surface area contributed by atoms with Crippen molar-refractivity contribution in [2.45, 2.75) is 13.0 Å². The highest BCUT2D eigenvalue weighted by Crippen LogP contribution is 2.40. The molecule has 3 N–H and O–H groups in total. The highest BCUT2D eigenvalue weighted by atomic mass is 35.5. The molecule has 0 radical (unpaired) electrons. The number of rotatable bonds is 1. The van der Waals surface area contributed by atoms with Gasteiger partial charge in [0.2, 0.25) is 0 Å². The molecule has 0 bridgehead atoms. The average molecular weight is 244 g/mol. The second-order valence-corrected chi connectivity index (χ2v) is 4.24. The van der Waals surface area contributed by atoms with E-state index in [-0.39, 0.29) is 17.6 Å². The van der Waals surface area contributed by atoms with E-state index in [0.717, 1.165) is 12.1 Å². The van der Waals surface area contributed by atoms with Crippen LogP contribution in [0.4, 0.5) is 0 Å². The normalized spacial score (nSPS) is 21.0. The predicted molar refractivity (Wildman–Crippen MR) is 61.1 cm³/mol. The van der Waals surface area contributed by atoms with Gasteiger partial charge in [-0.05, 0) is 12.5 Å². The largest absolute Gasteiger partial charge is 0.504 e. The molecule has 1 aliphatic rings. The fourth-order valence-corrected chi connectivity index (χ4v) is 2.09. The molecule has 16 heavy (non-hydrogen) atoms. The smallest absolute Gasteiger partial charge is 0.163 e. The number of morpholine rings is 1. The van der Waals surface area contributed by atoms with Crippen molar-refractivity contribution in [1.29, 1.82) is 0 Å². The van der Waals surface area contributed by atoms with Crippen molar-refractivity contribution in [3.8, 4) is 11.5 Å². The fraction of sp³-hybridized carbons (Fsp3) is 0.455. The van der Waals surface area contributed by atoms with E-state index in [1.165, 1.54) is 6.07 Å². The molecule has 2 rings (SSSR count). The third kappa shape index (κ3) is 1.96. The van der Waals surface area contributed by atoms with Crippen LogP contribution in [0.1, 0.15) is 17.2 Å². The highest BCUT2D eigenvalue weighted by molar-refractivity contribution is 6.31. The first kappa shape index (κ1) is 11.5. The number of phenolic OH excluding ortho intramolecular Hbond substituents is 2. The third-order valence-electron chi connectivity index (χ3n) is 2.77. The van der Waals surface area contributed by atoms with Gasteiger partial charge in [-0.3, -0.25) is 0 Å². The molecule has 0 amide bonds. The summed E-state index contributed by atoms with van der Waals surface area (Å²) in [6, 6.07) is 1.34. The van der Waals surface area contributed by atoms with E-state index in [4.69, 9.17) is 16.3 Å². The molecule has 1 atom stereocenters. The van der Waals surface area contributed by atoms with Crippen molar-refractivity contribution in [3.63, 3.8) is 0 Å². The summed E-state index contributed by atoms with van der Waals surface area (Å²) in [7, 11) is 0. The zero-order valence-corrected chi connectivity index (χ0v) is 9.71. The zero-order chi connectivity index (χ0) is 11.7. The van der Waals surface area contributed by atoms with Crippen molar-refractivity contribution in [3.05, 3.63) is 22.2 Å². The van der Waals surface area contributed by atoms with Gasteiger partial charge in [0.25, 0.3) is 0 Å². The molecule has 1 heterocycles. The van der Waals surface area contributed by atoms with Crippen molar-refractivity contribution >= 4 is 11.6 Å². The number of aromatic hydroxyl groups is 2. The first-order chi connectivity index (χ1) is 7.61. The van der Waals surface area contributed by atoms with E-state index in [0.29, 0.717) is 23.7 Å². The number of hydrogen-bond acceptors (Lipinski definition) is 4. The van der Waals surface area contributed by atoms with E-state index in [1.807, 2.05) is 0 Å². The molecule has 4 nitrogen and oxygen atoms in total. The minimum absolute atomic E-state index is 0.143. The van der Waals surface area contributed by atoms with E-state index in [2.05, 4.69) is 5.32 Å². The SMILES string of the molecule is Cc1c(Cl)cc(O)c(O)c1C1CNCCO1. The van der Waals surface area contributed by atoms with E-state index in [1.54, 1.807) is 6.92 Å². The Morgan fingerprint density at radius 1 is 1.50 bits per heavy atom. The lowest BCUT2D eigenvalue weighted by Gasteiger charge is -2.26. The standard InChI is InChI=1S/C11H14ClNO3/c1-6-7(12)4-8(14)11(15)10(6)9-5-13-2-3-16-9/h4,9,13-15H,2-3,5H2,1H3. The number of hydrogen-bond donors (Lipinski definition) is 3. The number of benzene rings is 1. The van der Waals surface area contributed by atoms with Crippen LogP contribution < -0.4 is 5.32 Å². The molecule has 0 saturated carbocycles. The van der Waals surface area contributed by atoms with E-state index in [9.17, 15) is 10.2 Å². The topological polar surface area (TPSA) is 61.7 Å². The van der Waals surface area contributed by atoms with Crippen LogP contribution in [0.3, 0.4) is 0 Å². The van der Waals surface area contributed by atoms with E-state index >= 15 is 0 Å². The fourth-order valence-electron chi connectivity index (χ4n) is 1.89. The molecule has 1 aromatic carbocycles. The van der Waals surface area contributed by atoms with Gasteiger partial charge in [0.1, 0.15) is 0 Å². The first-order valence-corrected chi connectivity index (χ1v) is 5.52. The Kier molecular flexibility index (Phi) is 3.23. The Bertz CT molecular complexity index is 376. The summed E-state index contributed by atoms with van der Waals surface area (Å²) in [5.74, 6) is -0.352. The van der Waals surface area contributed by atoms with Crippen LogP contribution >= 0.6 is 11.6 Å². The maximum atomic E-state index is 9.84. The highest BCUT2D eigenvalue weighted by Gasteiger charge is 2.24. The number of halogens is 1. The van der Waals surface area contributed by atoms with Gasteiger partial charge in [-0.2, -0.15) is 0 Å². The van der Waals surface area contributed by atoms with Gasteiger partial charge in [0, 0.05) is 29.7 Å². The summed E-state index contributed by atoms with van der Waals surface area (Å²) in [6.07, 6.45) is -0.265. The van der Waals surface area contributed by atoms with Gasteiger partial charge >= 0.3 is 0 Å². The van der Waals surface area contributed by atoms with Crippen LogP contribution in [0.15, 0.2) is 6.07 Å². The number of phenols is 2. The second kappa shape index (κ2) is 4.49. The van der Waals surface area contributed by atoms with Gasteiger partial charge in [0.05, 0.1) is 12.7 Å². The maximum Gasteiger partial charge on any atom is 0.163 e. The molecule has 1 aromatic rings. The molecule has 1 fully saturated rings. The van der Waals surface area contributed by atoms with E-state index < -0.39 is 0 Å². The summed E-state index contributed by atoms with van der Waals surface area (Å²) < 4.78 is 5.54. The average Bonchev–Trinajstić information content (AvgIpc) is 2.28. The molecule has 1 unspecified atom stereocenters. The minimum atomic E-state index is -0.265. The Morgan fingerprint density at radius 2 is 2.25 bits per heavy atom. The Balaban J connectivity index is 2.45. The van der Waals surface area contributed by atoms with Crippen LogP contribution in [-0.4, -0.2) is 29.9 Å². The molecular formula is C11H14ClNO3. The lowest BCUT2D eigenvalue weighted by atomic mass is 10.0. The minimum Gasteiger partial charge on any atom is -0.504 e. The van der Waals surface area contributed by atoms with Crippen LogP contribution in [0.25, 0.3) is 0 Å². The first-order valence-electron chi connectivity index (χ1n) is 5.14. The zero-order valence-electron chi connectivity index (χ0n) is 8.96. The third-order valence-corrected chi connectivity index (χ3v) is 3.17. The molecule has 0 aliphatic carbocycles. The molecule has 0 aromatic heterocycles. The van der Waals surface area contributed by atoms with Crippen molar-refractivity contribution in [1.82, 2.24) is 5.32 Å². The van der Waals surface area contributed by atoms with Gasteiger partial charge in [-0.25, -0.2) is 0 Å². The van der Waals surface area contributed by atoms with Crippen molar-refractivity contribution < 1.29 is 14.9 Å². The Morgan fingerprint density at radius 3 is 2.88 bits per heavy atom. The van der Waals surface area contributed by atoms with Crippen LogP contribution in [0, 0.1) is 6.92 Å². The maximum absolute atomic E-state index is 9.84. The van der Waals surface area contributed by atoms with Crippen LogP contribution in [0.5, 0.6) is 11.5 Å². The van der Waals surface area contributed by atoms with Crippen molar-refractivity contribution in [2.75, 3.05) is 19.7 Å². The summed E-state index contributed by atoms with van der Waals surface area (Å²) in [5.41, 5.74) is 1.31. The lowest BCUT2D eigenvalue weighted by Crippen LogP contribution is -2.33. The quantitative estimate of drug-likeness (QED) is 0.658. The van der Waals surface area contributed by atoms with Gasteiger partial charge in [-0.1, -0.05) is 11.6 Å². The lowest BCUT2D eigenvalue weighted by molar-refractivity contribution is 0.0257. The number of ether oxygens (including phenoxy) is 1. The van der Waals surface area contributed by atoms with Crippen LogP contribution in [-0.2, 0) is 4.74 Å². The molecule has 1 saturated heterocycles. The predicted octanol–water partition coefficient (Wildman–Crippen LogP) is 1.72. The summed E-state index contributed by atoms with van der Waals surface area (Å²) in [5, 5.41) is 23.0. The summed E-state index contributed by atoms with van der Waals surface area (Å²) >= 11 is 5.96. The number of nitrogens with one attached hydrogen (secondary N) is 1. The summed E-state index contributed by atoms with van der Waals surface area (Å²) in [4.78, 5) is 0. The molecule has 1 aliphatic heterocycles. The molecule has 5 heteroatoms. The molecule has 0 spiro atoms. The van der Waals surface area contributed by atoms with Crippen LogP contribution in [0.2, 0.25) is 5.02 Å². The molecule has 88 valence electrons. The van der Waals surface area contributed by atoms with Crippen molar-refractivity contribution in [2.24, 2.45) is 0 Å². The Labute approximate surface area is 98.8 Å². The Hall–Kier alpha value is -0.970.